The molecule has 1 aliphatic rings. The largest absolute Gasteiger partial charge is 0.464 e. The second-order valence-corrected chi connectivity index (χ2v) is 4.45. The normalized spacial score (nSPS) is 18.5. The van der Waals surface area contributed by atoms with E-state index in [1.807, 2.05) is 0 Å². The van der Waals surface area contributed by atoms with Gasteiger partial charge in [0.2, 0.25) is 0 Å². The van der Waals surface area contributed by atoms with E-state index >= 15 is 0 Å². The highest BCUT2D eigenvalue weighted by molar-refractivity contribution is 7.97. The lowest BCUT2D eigenvalue weighted by Gasteiger charge is -2.20. The van der Waals surface area contributed by atoms with E-state index in [4.69, 9.17) is 5.11 Å². The van der Waals surface area contributed by atoms with Gasteiger partial charge in [-0.25, -0.2) is 4.79 Å². The molecule has 0 atom stereocenters. The van der Waals surface area contributed by atoms with Crippen molar-refractivity contribution in [3.8, 4) is 0 Å². The molecule has 1 saturated carbocycles. The molecule has 2 N–H and O–H groups in total. The third-order valence-electron chi connectivity index (χ3n) is 2.51. The van der Waals surface area contributed by atoms with Gasteiger partial charge in [0, 0.05) is 5.75 Å². The molecular weight excluding hydrogens is 186 g/mol. The van der Waals surface area contributed by atoms with E-state index in [1.54, 1.807) is 0 Å². The number of nitrogens with one attached hydrogen (secondary N) is 1. The van der Waals surface area contributed by atoms with Crippen molar-refractivity contribution in [1.29, 1.82) is 0 Å². The zero-order valence-electron chi connectivity index (χ0n) is 7.79. The second kappa shape index (κ2) is 6.13. The molecular formula is C9H17NO2S. The van der Waals surface area contributed by atoms with E-state index in [1.165, 1.54) is 44.1 Å². The van der Waals surface area contributed by atoms with Crippen molar-refractivity contribution < 1.29 is 9.90 Å². The smallest absolute Gasteiger partial charge is 0.414 e. The number of carbonyl (C=O) groups is 1. The average molecular weight is 203 g/mol. The summed E-state index contributed by atoms with van der Waals surface area (Å²) in [7, 11) is 0. The molecule has 1 rings (SSSR count). The standard InChI is InChI=1S/C9H17NO2S/c11-9(12)10-13-7-6-8-4-2-1-3-5-8/h8,10H,1-7H2,(H,11,12). The maximum absolute atomic E-state index is 10.1. The Morgan fingerprint density at radius 3 is 2.69 bits per heavy atom. The van der Waals surface area contributed by atoms with Crippen LogP contribution in [-0.2, 0) is 0 Å². The predicted molar refractivity (Wildman–Crippen MR) is 54.8 cm³/mol. The Kier molecular flexibility index (Phi) is 5.05. The van der Waals surface area contributed by atoms with Gasteiger partial charge in [-0.05, 0) is 24.3 Å². The number of hydrogen-bond acceptors (Lipinski definition) is 2. The van der Waals surface area contributed by atoms with Crippen LogP contribution in [0.1, 0.15) is 38.5 Å². The van der Waals surface area contributed by atoms with Gasteiger partial charge in [0.1, 0.15) is 0 Å². The van der Waals surface area contributed by atoms with Gasteiger partial charge in [0.25, 0.3) is 0 Å². The summed E-state index contributed by atoms with van der Waals surface area (Å²) in [6.07, 6.45) is 7.01. The van der Waals surface area contributed by atoms with Crippen LogP contribution in [0.3, 0.4) is 0 Å². The third-order valence-corrected chi connectivity index (χ3v) is 3.27. The Morgan fingerprint density at radius 2 is 2.08 bits per heavy atom. The maximum Gasteiger partial charge on any atom is 0.414 e. The molecule has 0 spiro atoms. The van der Waals surface area contributed by atoms with Gasteiger partial charge in [0.15, 0.2) is 0 Å². The van der Waals surface area contributed by atoms with E-state index in [0.29, 0.717) is 0 Å². The van der Waals surface area contributed by atoms with Crippen LogP contribution < -0.4 is 4.72 Å². The van der Waals surface area contributed by atoms with E-state index in [9.17, 15) is 4.79 Å². The first-order valence-corrected chi connectivity index (χ1v) is 5.88. The van der Waals surface area contributed by atoms with Gasteiger partial charge in [-0.15, -0.1) is 0 Å². The van der Waals surface area contributed by atoms with Crippen molar-refractivity contribution in [3.63, 3.8) is 0 Å². The summed E-state index contributed by atoms with van der Waals surface area (Å²) < 4.78 is 2.32. The zero-order valence-corrected chi connectivity index (χ0v) is 8.61. The average Bonchev–Trinajstić information content (AvgIpc) is 2.14. The molecule has 3 nitrogen and oxygen atoms in total. The number of rotatable bonds is 4. The molecule has 0 heterocycles. The van der Waals surface area contributed by atoms with E-state index in [-0.39, 0.29) is 0 Å². The van der Waals surface area contributed by atoms with Crippen LogP contribution >= 0.6 is 11.9 Å². The summed E-state index contributed by atoms with van der Waals surface area (Å²) in [4.78, 5) is 10.1. The number of amides is 1. The highest BCUT2D eigenvalue weighted by Gasteiger charge is 2.12. The molecule has 0 bridgehead atoms. The van der Waals surface area contributed by atoms with Crippen LogP contribution in [0, 0.1) is 5.92 Å². The van der Waals surface area contributed by atoms with Crippen LogP contribution in [0.2, 0.25) is 0 Å². The SMILES string of the molecule is O=C(O)NSCCC1CCCCC1. The Morgan fingerprint density at radius 1 is 1.38 bits per heavy atom. The molecule has 0 aromatic heterocycles. The third kappa shape index (κ3) is 5.03. The molecule has 1 aliphatic carbocycles. The Balaban J connectivity index is 1.95. The topological polar surface area (TPSA) is 49.3 Å². The molecule has 13 heavy (non-hydrogen) atoms. The zero-order chi connectivity index (χ0) is 9.52. The first-order valence-electron chi connectivity index (χ1n) is 4.90. The number of carboxylic acid groups (broad SMARTS) is 1. The molecule has 0 radical (unpaired) electrons. The molecule has 1 fully saturated rings. The van der Waals surface area contributed by atoms with Gasteiger partial charge in [-0.2, -0.15) is 0 Å². The first-order chi connectivity index (χ1) is 6.29. The van der Waals surface area contributed by atoms with Crippen LogP contribution in [0.25, 0.3) is 0 Å². The molecule has 0 aliphatic heterocycles. The summed E-state index contributed by atoms with van der Waals surface area (Å²) in [6, 6.07) is 0. The van der Waals surface area contributed by atoms with Crippen molar-refractivity contribution in [1.82, 2.24) is 4.72 Å². The lowest BCUT2D eigenvalue weighted by molar-refractivity contribution is 0.202. The summed E-state index contributed by atoms with van der Waals surface area (Å²) in [5.41, 5.74) is 0. The fourth-order valence-electron chi connectivity index (χ4n) is 1.81. The van der Waals surface area contributed by atoms with Crippen LogP contribution in [0.15, 0.2) is 0 Å². The summed E-state index contributed by atoms with van der Waals surface area (Å²) in [6.45, 7) is 0. The minimum absolute atomic E-state index is 0.844. The summed E-state index contributed by atoms with van der Waals surface area (Å²) in [5, 5.41) is 8.32. The van der Waals surface area contributed by atoms with Crippen molar-refractivity contribution in [2.45, 2.75) is 38.5 Å². The van der Waals surface area contributed by atoms with Crippen molar-refractivity contribution in [2.24, 2.45) is 5.92 Å². The van der Waals surface area contributed by atoms with Gasteiger partial charge < -0.3 is 5.11 Å². The quantitative estimate of drug-likeness (QED) is 0.545. The van der Waals surface area contributed by atoms with Crippen molar-refractivity contribution >= 4 is 18.0 Å². The number of hydrogen-bond donors (Lipinski definition) is 2. The van der Waals surface area contributed by atoms with Crippen molar-refractivity contribution in [3.05, 3.63) is 0 Å². The molecule has 0 aromatic carbocycles. The predicted octanol–water partition coefficient (Wildman–Crippen LogP) is 2.87. The minimum Gasteiger partial charge on any atom is -0.464 e. The van der Waals surface area contributed by atoms with E-state index in [2.05, 4.69) is 4.72 Å². The second-order valence-electron chi connectivity index (χ2n) is 3.55. The van der Waals surface area contributed by atoms with E-state index in [0.717, 1.165) is 18.1 Å². The Labute approximate surface area is 83.4 Å². The van der Waals surface area contributed by atoms with Gasteiger partial charge in [-0.1, -0.05) is 32.1 Å². The Hall–Kier alpha value is -0.380. The van der Waals surface area contributed by atoms with Gasteiger partial charge >= 0.3 is 6.09 Å². The fourth-order valence-corrected chi connectivity index (χ4v) is 2.49. The lowest BCUT2D eigenvalue weighted by Crippen LogP contribution is -2.14. The molecule has 1 amide bonds. The molecule has 76 valence electrons. The minimum atomic E-state index is -0.936. The molecule has 0 aromatic rings. The highest BCUT2D eigenvalue weighted by atomic mass is 32.2. The van der Waals surface area contributed by atoms with Crippen LogP contribution in [0.4, 0.5) is 4.79 Å². The maximum atomic E-state index is 10.1. The highest BCUT2D eigenvalue weighted by Crippen LogP contribution is 2.26. The summed E-state index contributed by atoms with van der Waals surface area (Å²) in [5.74, 6) is 1.76. The van der Waals surface area contributed by atoms with Crippen molar-refractivity contribution in [2.75, 3.05) is 5.75 Å². The van der Waals surface area contributed by atoms with Crippen LogP contribution in [0.5, 0.6) is 0 Å². The summed E-state index contributed by atoms with van der Waals surface area (Å²) >= 11 is 1.31. The van der Waals surface area contributed by atoms with Crippen LogP contribution in [-0.4, -0.2) is 17.0 Å². The fraction of sp³-hybridized carbons (Fsp3) is 0.889. The Bertz CT molecular complexity index is 158. The van der Waals surface area contributed by atoms with Gasteiger partial charge in [-0.3, -0.25) is 4.72 Å². The first kappa shape index (κ1) is 10.7. The monoisotopic (exact) mass is 203 g/mol. The molecule has 0 saturated heterocycles. The lowest BCUT2D eigenvalue weighted by atomic mass is 9.88. The molecule has 4 heteroatoms. The van der Waals surface area contributed by atoms with E-state index < -0.39 is 6.09 Å². The molecule has 0 unspecified atom stereocenters. The van der Waals surface area contributed by atoms with Gasteiger partial charge in [0.05, 0.1) is 0 Å².